The second-order valence-electron chi connectivity index (χ2n) is 10.7. The molecule has 1 saturated heterocycles. The van der Waals surface area contributed by atoms with Gasteiger partial charge in [-0.2, -0.15) is 0 Å². The fraction of sp³-hybridized carbons (Fsp3) is 0.400. The van der Waals surface area contributed by atoms with Gasteiger partial charge in [-0.15, -0.1) is 0 Å². The summed E-state index contributed by atoms with van der Waals surface area (Å²) in [6.45, 7) is 7.29. The normalized spacial score (nSPS) is 15.5. The highest BCUT2D eigenvalue weighted by Crippen LogP contribution is 2.39. The SMILES string of the molecule is CC(C)(C)OC(=O)N1CCC(CC(=O)NCCc2cc(Cl)cc3ccccc23)(c2ccccc2)CC1. The van der Waals surface area contributed by atoms with E-state index in [1.54, 1.807) is 4.90 Å². The van der Waals surface area contributed by atoms with Crippen molar-refractivity contribution in [3.05, 3.63) is 82.9 Å². The third-order valence-corrected chi connectivity index (χ3v) is 7.10. The van der Waals surface area contributed by atoms with Crippen LogP contribution in [0.4, 0.5) is 4.79 Å². The van der Waals surface area contributed by atoms with Crippen LogP contribution in [0.3, 0.4) is 0 Å². The molecule has 6 heteroatoms. The van der Waals surface area contributed by atoms with Gasteiger partial charge in [-0.3, -0.25) is 4.79 Å². The average Bonchev–Trinajstić information content (AvgIpc) is 2.84. The largest absolute Gasteiger partial charge is 0.444 e. The Morgan fingerprint density at radius 3 is 2.36 bits per heavy atom. The number of nitrogens with zero attached hydrogens (tertiary/aromatic N) is 1. The number of hydrogen-bond acceptors (Lipinski definition) is 3. The monoisotopic (exact) mass is 506 g/mol. The number of halogens is 1. The molecule has 0 aromatic heterocycles. The van der Waals surface area contributed by atoms with Gasteiger partial charge in [0.2, 0.25) is 5.91 Å². The molecule has 5 nitrogen and oxygen atoms in total. The van der Waals surface area contributed by atoms with E-state index in [1.807, 2.05) is 63.2 Å². The van der Waals surface area contributed by atoms with Crippen molar-refractivity contribution in [1.29, 1.82) is 0 Å². The van der Waals surface area contributed by atoms with Gasteiger partial charge in [0.25, 0.3) is 0 Å². The van der Waals surface area contributed by atoms with E-state index >= 15 is 0 Å². The van der Waals surface area contributed by atoms with Crippen molar-refractivity contribution in [2.45, 2.75) is 57.5 Å². The minimum Gasteiger partial charge on any atom is -0.444 e. The summed E-state index contributed by atoms with van der Waals surface area (Å²) >= 11 is 6.33. The van der Waals surface area contributed by atoms with Crippen LogP contribution in [-0.2, 0) is 21.4 Å². The van der Waals surface area contributed by atoms with Crippen LogP contribution < -0.4 is 5.32 Å². The van der Waals surface area contributed by atoms with Gasteiger partial charge in [-0.05, 0) is 74.1 Å². The molecule has 1 N–H and O–H groups in total. The van der Waals surface area contributed by atoms with E-state index in [-0.39, 0.29) is 17.4 Å². The van der Waals surface area contributed by atoms with E-state index in [0.29, 0.717) is 50.3 Å². The van der Waals surface area contributed by atoms with Crippen LogP contribution in [0.25, 0.3) is 10.8 Å². The number of carbonyl (C=O) groups excluding carboxylic acids is 2. The number of piperidine rings is 1. The fourth-order valence-electron chi connectivity index (χ4n) is 5.07. The van der Waals surface area contributed by atoms with E-state index in [2.05, 4.69) is 29.6 Å². The number of likely N-dealkylation sites (tertiary alicyclic amines) is 1. The summed E-state index contributed by atoms with van der Waals surface area (Å²) in [6, 6.07) is 22.3. The molecule has 1 fully saturated rings. The first kappa shape index (κ1) is 26.0. The molecule has 3 aromatic carbocycles. The number of benzene rings is 3. The summed E-state index contributed by atoms with van der Waals surface area (Å²) in [5.74, 6) is 0.0240. The number of nitrogens with one attached hydrogen (secondary N) is 1. The maximum absolute atomic E-state index is 13.2. The van der Waals surface area contributed by atoms with E-state index < -0.39 is 5.60 Å². The topological polar surface area (TPSA) is 58.6 Å². The number of ether oxygens (including phenoxy) is 1. The lowest BCUT2D eigenvalue weighted by Gasteiger charge is -2.42. The van der Waals surface area contributed by atoms with E-state index in [4.69, 9.17) is 16.3 Å². The molecule has 0 radical (unpaired) electrons. The molecule has 4 rings (SSSR count). The van der Waals surface area contributed by atoms with Crippen molar-refractivity contribution in [1.82, 2.24) is 10.2 Å². The molecule has 0 bridgehead atoms. The molecule has 0 unspecified atom stereocenters. The van der Waals surface area contributed by atoms with Crippen LogP contribution >= 0.6 is 11.6 Å². The zero-order valence-electron chi connectivity index (χ0n) is 21.4. The molecule has 1 heterocycles. The van der Waals surface area contributed by atoms with Gasteiger partial charge in [0.1, 0.15) is 5.60 Å². The zero-order chi connectivity index (χ0) is 25.8. The van der Waals surface area contributed by atoms with Gasteiger partial charge < -0.3 is 15.0 Å². The third kappa shape index (κ3) is 6.38. The number of carbonyl (C=O) groups is 2. The number of amides is 2. The van der Waals surface area contributed by atoms with Crippen LogP contribution in [0.2, 0.25) is 5.02 Å². The Labute approximate surface area is 218 Å². The van der Waals surface area contributed by atoms with Gasteiger partial charge >= 0.3 is 6.09 Å². The Hall–Kier alpha value is -3.05. The molecular formula is C30H35ClN2O3. The average molecular weight is 507 g/mol. The van der Waals surface area contributed by atoms with Gasteiger partial charge in [0.05, 0.1) is 0 Å². The van der Waals surface area contributed by atoms with Crippen LogP contribution in [-0.4, -0.2) is 42.1 Å². The highest BCUT2D eigenvalue weighted by molar-refractivity contribution is 6.31. The van der Waals surface area contributed by atoms with Crippen LogP contribution in [0.15, 0.2) is 66.7 Å². The summed E-state index contributed by atoms with van der Waals surface area (Å²) in [4.78, 5) is 27.5. The molecule has 0 atom stereocenters. The van der Waals surface area contributed by atoms with E-state index in [9.17, 15) is 9.59 Å². The van der Waals surface area contributed by atoms with E-state index in [0.717, 1.165) is 21.9 Å². The summed E-state index contributed by atoms with van der Waals surface area (Å²) in [6.07, 6.45) is 2.22. The molecule has 3 aromatic rings. The van der Waals surface area contributed by atoms with Crippen LogP contribution in [0.1, 0.15) is 51.2 Å². The Bertz CT molecular complexity index is 1210. The molecular weight excluding hydrogens is 472 g/mol. The maximum Gasteiger partial charge on any atom is 0.410 e. The number of fused-ring (bicyclic) bond motifs is 1. The lowest BCUT2D eigenvalue weighted by molar-refractivity contribution is -0.122. The maximum atomic E-state index is 13.2. The molecule has 1 aliphatic heterocycles. The summed E-state index contributed by atoms with van der Waals surface area (Å²) in [5, 5.41) is 6.10. The lowest BCUT2D eigenvalue weighted by Crippen LogP contribution is -2.48. The van der Waals surface area contributed by atoms with Crippen molar-refractivity contribution in [2.75, 3.05) is 19.6 Å². The second kappa shape index (κ2) is 10.9. The molecule has 36 heavy (non-hydrogen) atoms. The molecule has 1 aliphatic rings. The Morgan fingerprint density at radius 1 is 1.00 bits per heavy atom. The van der Waals surface area contributed by atoms with E-state index in [1.165, 1.54) is 0 Å². The Kier molecular flexibility index (Phi) is 7.89. The predicted molar refractivity (Wildman–Crippen MR) is 145 cm³/mol. The first-order valence-corrected chi connectivity index (χ1v) is 13.0. The number of hydrogen-bond donors (Lipinski definition) is 1. The lowest BCUT2D eigenvalue weighted by atomic mass is 9.70. The molecule has 190 valence electrons. The summed E-state index contributed by atoms with van der Waals surface area (Å²) in [7, 11) is 0. The van der Waals surface area contributed by atoms with Crippen molar-refractivity contribution in [3.8, 4) is 0 Å². The van der Waals surface area contributed by atoms with Crippen molar-refractivity contribution in [2.24, 2.45) is 0 Å². The van der Waals surface area contributed by atoms with Crippen molar-refractivity contribution >= 4 is 34.4 Å². The van der Waals surface area contributed by atoms with Crippen molar-refractivity contribution in [3.63, 3.8) is 0 Å². The minimum absolute atomic E-state index is 0.0240. The zero-order valence-corrected chi connectivity index (χ0v) is 22.1. The fourth-order valence-corrected chi connectivity index (χ4v) is 5.32. The first-order chi connectivity index (χ1) is 17.2. The predicted octanol–water partition coefficient (Wildman–Crippen LogP) is 6.51. The molecule has 0 aliphatic carbocycles. The van der Waals surface area contributed by atoms with Gasteiger partial charge in [0.15, 0.2) is 0 Å². The van der Waals surface area contributed by atoms with Crippen LogP contribution in [0.5, 0.6) is 0 Å². The summed E-state index contributed by atoms with van der Waals surface area (Å²) in [5.41, 5.74) is 1.43. The minimum atomic E-state index is -0.529. The highest BCUT2D eigenvalue weighted by Gasteiger charge is 2.40. The quantitative estimate of drug-likeness (QED) is 0.414. The van der Waals surface area contributed by atoms with Crippen LogP contribution in [0, 0.1) is 0 Å². The van der Waals surface area contributed by atoms with Crippen molar-refractivity contribution < 1.29 is 14.3 Å². The molecule has 2 amide bonds. The number of rotatable bonds is 6. The van der Waals surface area contributed by atoms with Gasteiger partial charge in [-0.1, -0.05) is 66.2 Å². The van der Waals surface area contributed by atoms with Gasteiger partial charge in [-0.25, -0.2) is 4.79 Å². The third-order valence-electron chi connectivity index (χ3n) is 6.89. The Morgan fingerprint density at radius 2 is 1.67 bits per heavy atom. The smallest absolute Gasteiger partial charge is 0.410 e. The first-order valence-electron chi connectivity index (χ1n) is 12.6. The highest BCUT2D eigenvalue weighted by atomic mass is 35.5. The molecule has 0 spiro atoms. The second-order valence-corrected chi connectivity index (χ2v) is 11.1. The van der Waals surface area contributed by atoms with Gasteiger partial charge in [0, 0.05) is 36.5 Å². The summed E-state index contributed by atoms with van der Waals surface area (Å²) < 4.78 is 5.56. The molecule has 0 saturated carbocycles. The Balaban J connectivity index is 1.41. The standard InChI is InChI=1S/C30H35ClN2O3/c1-29(2,3)36-28(35)33-17-14-30(15-18-33,24-10-5-4-6-11-24)21-27(34)32-16-13-23-20-25(31)19-22-9-7-8-12-26(22)23/h4-12,19-20H,13-18,21H2,1-3H3,(H,32,34).